The van der Waals surface area contributed by atoms with Crippen molar-refractivity contribution >= 4 is 17.7 Å². The fraction of sp³-hybridized carbons (Fsp3) is 0.562. The largest absolute Gasteiger partial charge is 0.495 e. The molecule has 122 valence electrons. The maximum Gasteiger partial charge on any atom is 0.410 e. The number of carbonyl (C=O) groups is 1. The van der Waals surface area contributed by atoms with Gasteiger partial charge in [0.1, 0.15) is 11.4 Å². The van der Waals surface area contributed by atoms with Crippen molar-refractivity contribution in [2.75, 3.05) is 13.7 Å². The molecule has 0 unspecified atom stereocenters. The van der Waals surface area contributed by atoms with Crippen LogP contribution < -0.4 is 10.5 Å². The summed E-state index contributed by atoms with van der Waals surface area (Å²) in [4.78, 5) is 14.0. The molecule has 1 atom stereocenters. The number of hydrogen-bond acceptors (Lipinski definition) is 4. The van der Waals surface area contributed by atoms with E-state index in [0.29, 0.717) is 30.3 Å². The van der Waals surface area contributed by atoms with Gasteiger partial charge in [0.25, 0.3) is 0 Å². The van der Waals surface area contributed by atoms with Crippen molar-refractivity contribution in [3.63, 3.8) is 0 Å². The fourth-order valence-electron chi connectivity index (χ4n) is 2.47. The second-order valence-corrected chi connectivity index (χ2v) is 6.89. The average molecular weight is 327 g/mol. The van der Waals surface area contributed by atoms with E-state index in [9.17, 15) is 4.79 Å². The molecule has 1 heterocycles. The first-order valence-corrected chi connectivity index (χ1v) is 7.69. The van der Waals surface area contributed by atoms with Crippen LogP contribution in [0.1, 0.15) is 44.4 Å². The molecule has 0 spiro atoms. The van der Waals surface area contributed by atoms with E-state index in [4.69, 9.17) is 26.8 Å². The number of benzene rings is 1. The Balaban J connectivity index is 2.29. The van der Waals surface area contributed by atoms with Gasteiger partial charge in [-0.3, -0.25) is 0 Å². The zero-order valence-corrected chi connectivity index (χ0v) is 14.2. The molecule has 22 heavy (non-hydrogen) atoms. The first-order valence-electron chi connectivity index (χ1n) is 7.31. The smallest absolute Gasteiger partial charge is 0.410 e. The minimum Gasteiger partial charge on any atom is -0.495 e. The summed E-state index contributed by atoms with van der Waals surface area (Å²) in [5.41, 5.74) is 7.59. The number of nitrogens with two attached hydrogens (primary N) is 1. The number of methoxy groups -OCH3 is 1. The predicted octanol–water partition coefficient (Wildman–Crippen LogP) is 3.49. The Bertz CT molecular complexity index is 569. The third kappa shape index (κ3) is 3.84. The van der Waals surface area contributed by atoms with E-state index >= 15 is 0 Å². The molecule has 2 N–H and O–H groups in total. The third-order valence-electron chi connectivity index (χ3n) is 3.54. The van der Waals surface area contributed by atoms with Crippen LogP contribution >= 0.6 is 11.6 Å². The summed E-state index contributed by atoms with van der Waals surface area (Å²) in [6.07, 6.45) is 0.330. The molecule has 1 aromatic carbocycles. The van der Waals surface area contributed by atoms with E-state index in [1.807, 2.05) is 32.9 Å². The highest BCUT2D eigenvalue weighted by molar-refractivity contribution is 6.32. The van der Waals surface area contributed by atoms with Crippen LogP contribution in [-0.2, 0) is 11.3 Å². The molecule has 6 heteroatoms. The number of amides is 1. The SMILES string of the molecule is COc1cc2c(cc1Cl)[C@H](N)CCN(C(=O)OC(C)(C)C)C2. The van der Waals surface area contributed by atoms with Crippen LogP contribution in [0.25, 0.3) is 0 Å². The number of fused-ring (bicyclic) bond motifs is 1. The van der Waals surface area contributed by atoms with E-state index in [1.54, 1.807) is 12.0 Å². The molecular formula is C16H23ClN2O3. The van der Waals surface area contributed by atoms with Crippen molar-refractivity contribution in [2.45, 2.75) is 45.4 Å². The second-order valence-electron chi connectivity index (χ2n) is 6.48. The van der Waals surface area contributed by atoms with E-state index in [1.165, 1.54) is 0 Å². The van der Waals surface area contributed by atoms with Crippen molar-refractivity contribution < 1.29 is 14.3 Å². The predicted molar refractivity (Wildman–Crippen MR) is 86.2 cm³/mol. The highest BCUT2D eigenvalue weighted by Crippen LogP contribution is 2.34. The molecule has 1 aliphatic heterocycles. The van der Waals surface area contributed by atoms with Crippen LogP contribution in [-0.4, -0.2) is 30.2 Å². The topological polar surface area (TPSA) is 64.8 Å². The summed E-state index contributed by atoms with van der Waals surface area (Å²) in [6, 6.07) is 3.52. The lowest BCUT2D eigenvalue weighted by Crippen LogP contribution is -2.36. The van der Waals surface area contributed by atoms with Crippen molar-refractivity contribution in [3.05, 3.63) is 28.3 Å². The van der Waals surface area contributed by atoms with Gasteiger partial charge in [0.2, 0.25) is 0 Å². The number of halogens is 1. The molecule has 0 radical (unpaired) electrons. The van der Waals surface area contributed by atoms with Crippen molar-refractivity contribution in [1.29, 1.82) is 0 Å². The summed E-state index contributed by atoms with van der Waals surface area (Å²) in [5.74, 6) is 0.582. The summed E-state index contributed by atoms with van der Waals surface area (Å²) in [7, 11) is 1.57. The Morgan fingerprint density at radius 3 is 2.68 bits per heavy atom. The first kappa shape index (κ1) is 16.9. The Hall–Kier alpha value is -1.46. The van der Waals surface area contributed by atoms with Crippen LogP contribution in [0.3, 0.4) is 0 Å². The second kappa shape index (κ2) is 6.34. The maximum atomic E-state index is 12.3. The molecule has 1 aliphatic rings. The zero-order chi connectivity index (χ0) is 16.5. The van der Waals surface area contributed by atoms with Gasteiger partial charge >= 0.3 is 6.09 Å². The monoisotopic (exact) mass is 326 g/mol. The third-order valence-corrected chi connectivity index (χ3v) is 3.83. The molecule has 0 bridgehead atoms. The zero-order valence-electron chi connectivity index (χ0n) is 13.5. The van der Waals surface area contributed by atoms with Gasteiger partial charge in [-0.2, -0.15) is 0 Å². The molecule has 0 aliphatic carbocycles. The van der Waals surface area contributed by atoms with Crippen LogP contribution in [0.15, 0.2) is 12.1 Å². The molecular weight excluding hydrogens is 304 g/mol. The number of nitrogens with zero attached hydrogens (tertiary/aromatic N) is 1. The quantitative estimate of drug-likeness (QED) is 0.858. The number of hydrogen-bond donors (Lipinski definition) is 1. The lowest BCUT2D eigenvalue weighted by atomic mass is 10.00. The van der Waals surface area contributed by atoms with Gasteiger partial charge < -0.3 is 20.1 Å². The Labute approximate surface area is 136 Å². The minimum atomic E-state index is -0.522. The van der Waals surface area contributed by atoms with Crippen molar-refractivity contribution in [2.24, 2.45) is 5.73 Å². The van der Waals surface area contributed by atoms with Gasteiger partial charge in [-0.1, -0.05) is 11.6 Å². The molecule has 0 fully saturated rings. The lowest BCUT2D eigenvalue weighted by Gasteiger charge is -2.26. The van der Waals surface area contributed by atoms with Crippen LogP contribution in [0.5, 0.6) is 5.75 Å². The van der Waals surface area contributed by atoms with Gasteiger partial charge in [-0.15, -0.1) is 0 Å². The molecule has 0 saturated carbocycles. The minimum absolute atomic E-state index is 0.161. The normalized spacial score (nSPS) is 18.5. The van der Waals surface area contributed by atoms with E-state index in [0.717, 1.165) is 11.1 Å². The lowest BCUT2D eigenvalue weighted by molar-refractivity contribution is 0.0235. The summed E-state index contributed by atoms with van der Waals surface area (Å²) < 4.78 is 10.7. The van der Waals surface area contributed by atoms with Gasteiger partial charge in [-0.25, -0.2) is 4.79 Å². The highest BCUT2D eigenvalue weighted by atomic mass is 35.5. The van der Waals surface area contributed by atoms with Crippen LogP contribution in [0, 0.1) is 0 Å². The average Bonchev–Trinajstić information content (AvgIpc) is 2.56. The van der Waals surface area contributed by atoms with Crippen molar-refractivity contribution in [1.82, 2.24) is 4.90 Å². The van der Waals surface area contributed by atoms with Crippen LogP contribution in [0.4, 0.5) is 4.79 Å². The van der Waals surface area contributed by atoms with Gasteiger partial charge in [0.05, 0.1) is 12.1 Å². The highest BCUT2D eigenvalue weighted by Gasteiger charge is 2.27. The Morgan fingerprint density at radius 1 is 1.41 bits per heavy atom. The molecule has 0 saturated heterocycles. The molecule has 5 nitrogen and oxygen atoms in total. The molecule has 2 rings (SSSR count). The van der Waals surface area contributed by atoms with Gasteiger partial charge in [-0.05, 0) is 50.5 Å². The number of ether oxygens (including phenoxy) is 2. The summed E-state index contributed by atoms with van der Waals surface area (Å²) in [5, 5.41) is 0.530. The maximum absolute atomic E-state index is 12.3. The van der Waals surface area contributed by atoms with Crippen LogP contribution in [0.2, 0.25) is 5.02 Å². The van der Waals surface area contributed by atoms with Crippen molar-refractivity contribution in [3.8, 4) is 5.75 Å². The van der Waals surface area contributed by atoms with Gasteiger partial charge in [0.15, 0.2) is 0 Å². The summed E-state index contributed by atoms with van der Waals surface area (Å²) >= 11 is 6.18. The molecule has 0 aromatic heterocycles. The number of rotatable bonds is 1. The first-order chi connectivity index (χ1) is 10.2. The number of carbonyl (C=O) groups excluding carboxylic acids is 1. The molecule has 1 aromatic rings. The fourth-order valence-corrected chi connectivity index (χ4v) is 2.72. The Kier molecular flexibility index (Phi) is 4.87. The van der Waals surface area contributed by atoms with E-state index < -0.39 is 5.60 Å². The van der Waals surface area contributed by atoms with Gasteiger partial charge in [0, 0.05) is 19.1 Å². The Morgan fingerprint density at radius 2 is 2.09 bits per heavy atom. The summed E-state index contributed by atoms with van der Waals surface area (Å²) in [6.45, 7) is 6.54. The standard InChI is InChI=1S/C16H23ClN2O3/c1-16(2,3)22-15(20)19-6-5-13(18)11-8-12(17)14(21-4)7-10(11)9-19/h7-8,13H,5-6,9,18H2,1-4H3/t13-/m1/s1. The van der Waals surface area contributed by atoms with E-state index in [-0.39, 0.29) is 12.1 Å². The molecule has 1 amide bonds. The van der Waals surface area contributed by atoms with E-state index in [2.05, 4.69) is 0 Å².